The van der Waals surface area contributed by atoms with E-state index in [-0.39, 0.29) is 5.91 Å². The second-order valence-electron chi connectivity index (χ2n) is 3.36. The van der Waals surface area contributed by atoms with Crippen molar-refractivity contribution in [1.29, 1.82) is 0 Å². The maximum absolute atomic E-state index is 10.7. The second kappa shape index (κ2) is 6.85. The summed E-state index contributed by atoms with van der Waals surface area (Å²) in [5, 5.41) is 11.0. The van der Waals surface area contributed by atoms with Gasteiger partial charge in [0.15, 0.2) is 0 Å². The van der Waals surface area contributed by atoms with E-state index in [1.807, 2.05) is 24.3 Å². The van der Waals surface area contributed by atoms with Gasteiger partial charge in [-0.25, -0.2) is 0 Å². The Bertz CT molecular complexity index is 339. The number of aliphatic hydroxyl groups is 1. The van der Waals surface area contributed by atoms with Crippen molar-refractivity contribution in [1.82, 2.24) is 5.32 Å². The summed E-state index contributed by atoms with van der Waals surface area (Å²) >= 11 is 0. The van der Waals surface area contributed by atoms with Gasteiger partial charge in [-0.15, -0.1) is 0 Å². The molecule has 0 aliphatic heterocycles. The number of carbonyl (C=O) groups is 1. The summed E-state index contributed by atoms with van der Waals surface area (Å²) in [7, 11) is 0. The number of benzene rings is 1. The van der Waals surface area contributed by atoms with Crippen molar-refractivity contribution in [3.05, 3.63) is 29.8 Å². The van der Waals surface area contributed by atoms with E-state index in [0.717, 1.165) is 12.2 Å². The van der Waals surface area contributed by atoms with Gasteiger partial charge in [0.05, 0.1) is 6.54 Å². The number of amides is 1. The van der Waals surface area contributed by atoms with E-state index < -0.39 is 6.61 Å². The standard InChI is InChI=1S/C12H17NO3/c1-2-10-4-3-5-11(8-10)16-7-6-13-12(15)9-14/h3-5,8,14H,2,6-7,9H2,1H3,(H,13,15). The van der Waals surface area contributed by atoms with Crippen LogP contribution in [0.1, 0.15) is 12.5 Å². The molecule has 0 unspecified atom stereocenters. The predicted octanol–water partition coefficient (Wildman–Crippen LogP) is 0.736. The smallest absolute Gasteiger partial charge is 0.245 e. The molecular formula is C12H17NO3. The van der Waals surface area contributed by atoms with Gasteiger partial charge in [-0.3, -0.25) is 4.79 Å². The van der Waals surface area contributed by atoms with Gasteiger partial charge >= 0.3 is 0 Å². The molecule has 2 N–H and O–H groups in total. The Labute approximate surface area is 95.2 Å². The lowest BCUT2D eigenvalue weighted by Crippen LogP contribution is -2.30. The molecule has 0 bridgehead atoms. The Hall–Kier alpha value is -1.55. The number of aryl methyl sites for hydroxylation is 1. The summed E-state index contributed by atoms with van der Waals surface area (Å²) in [6.45, 7) is 2.40. The van der Waals surface area contributed by atoms with Crippen molar-refractivity contribution < 1.29 is 14.6 Å². The van der Waals surface area contributed by atoms with Crippen LogP contribution in [0.15, 0.2) is 24.3 Å². The fourth-order valence-electron chi connectivity index (χ4n) is 1.27. The van der Waals surface area contributed by atoms with Gasteiger partial charge in [-0.1, -0.05) is 19.1 Å². The quantitative estimate of drug-likeness (QED) is 0.699. The summed E-state index contributed by atoms with van der Waals surface area (Å²) in [6.07, 6.45) is 0.971. The normalized spacial score (nSPS) is 9.88. The van der Waals surface area contributed by atoms with Crippen molar-refractivity contribution in [3.63, 3.8) is 0 Å². The average Bonchev–Trinajstić information content (AvgIpc) is 2.34. The zero-order chi connectivity index (χ0) is 11.8. The highest BCUT2D eigenvalue weighted by Gasteiger charge is 1.98. The molecule has 1 amide bonds. The first-order chi connectivity index (χ1) is 7.76. The summed E-state index contributed by atoms with van der Waals surface area (Å²) in [5.41, 5.74) is 1.22. The van der Waals surface area contributed by atoms with Crippen molar-refractivity contribution in [3.8, 4) is 5.75 Å². The summed E-state index contributed by atoms with van der Waals surface area (Å²) < 4.78 is 5.45. The molecule has 0 aliphatic rings. The molecule has 0 aromatic heterocycles. The Morgan fingerprint density at radius 3 is 3.00 bits per heavy atom. The van der Waals surface area contributed by atoms with Crippen LogP contribution >= 0.6 is 0 Å². The summed E-state index contributed by atoms with van der Waals surface area (Å²) in [6, 6.07) is 7.85. The molecule has 0 fully saturated rings. The van der Waals surface area contributed by atoms with Crippen LogP contribution in [-0.2, 0) is 11.2 Å². The molecule has 0 atom stereocenters. The first-order valence-corrected chi connectivity index (χ1v) is 5.35. The van der Waals surface area contributed by atoms with Gasteiger partial charge in [-0.2, -0.15) is 0 Å². The second-order valence-corrected chi connectivity index (χ2v) is 3.36. The molecule has 0 aliphatic carbocycles. The number of nitrogens with one attached hydrogen (secondary N) is 1. The van der Waals surface area contributed by atoms with E-state index in [2.05, 4.69) is 12.2 Å². The zero-order valence-corrected chi connectivity index (χ0v) is 9.40. The topological polar surface area (TPSA) is 58.6 Å². The SMILES string of the molecule is CCc1cccc(OCCNC(=O)CO)c1. The van der Waals surface area contributed by atoms with Crippen LogP contribution < -0.4 is 10.1 Å². The Balaban J connectivity index is 2.28. The lowest BCUT2D eigenvalue weighted by Gasteiger charge is -2.07. The van der Waals surface area contributed by atoms with Crippen molar-refractivity contribution in [2.45, 2.75) is 13.3 Å². The lowest BCUT2D eigenvalue weighted by molar-refractivity contribution is -0.123. The average molecular weight is 223 g/mol. The van der Waals surface area contributed by atoms with E-state index >= 15 is 0 Å². The Morgan fingerprint density at radius 2 is 2.31 bits per heavy atom. The first kappa shape index (κ1) is 12.5. The zero-order valence-electron chi connectivity index (χ0n) is 9.40. The third-order valence-corrected chi connectivity index (χ3v) is 2.14. The molecule has 1 rings (SSSR count). The van der Waals surface area contributed by atoms with E-state index in [0.29, 0.717) is 13.2 Å². The maximum atomic E-state index is 10.7. The minimum absolute atomic E-state index is 0.383. The minimum atomic E-state index is -0.481. The van der Waals surface area contributed by atoms with Crippen LogP contribution in [0.4, 0.5) is 0 Å². The van der Waals surface area contributed by atoms with Crippen molar-refractivity contribution in [2.24, 2.45) is 0 Å². The molecule has 16 heavy (non-hydrogen) atoms. The number of hydrogen-bond acceptors (Lipinski definition) is 3. The Morgan fingerprint density at radius 1 is 1.50 bits per heavy atom. The van der Waals surface area contributed by atoms with Gasteiger partial charge in [0.25, 0.3) is 0 Å². The number of rotatable bonds is 6. The highest BCUT2D eigenvalue weighted by atomic mass is 16.5. The molecule has 0 radical (unpaired) electrons. The van der Waals surface area contributed by atoms with Crippen LogP contribution in [0.5, 0.6) is 5.75 Å². The highest BCUT2D eigenvalue weighted by Crippen LogP contribution is 2.13. The third-order valence-electron chi connectivity index (χ3n) is 2.14. The van der Waals surface area contributed by atoms with Crippen molar-refractivity contribution >= 4 is 5.91 Å². The molecule has 1 aromatic carbocycles. The van der Waals surface area contributed by atoms with Crippen LogP contribution in [0.3, 0.4) is 0 Å². The number of hydrogen-bond donors (Lipinski definition) is 2. The Kier molecular flexibility index (Phi) is 5.36. The minimum Gasteiger partial charge on any atom is -0.492 e. The molecule has 1 aromatic rings. The number of aliphatic hydroxyl groups excluding tert-OH is 1. The largest absolute Gasteiger partial charge is 0.492 e. The summed E-state index contributed by atoms with van der Waals surface area (Å²) in [4.78, 5) is 10.7. The van der Waals surface area contributed by atoms with E-state index in [1.54, 1.807) is 0 Å². The first-order valence-electron chi connectivity index (χ1n) is 5.35. The molecule has 4 heteroatoms. The number of carbonyl (C=O) groups excluding carboxylic acids is 1. The third kappa shape index (κ3) is 4.31. The van der Waals surface area contributed by atoms with Gasteiger partial charge in [0, 0.05) is 0 Å². The van der Waals surface area contributed by atoms with Crippen LogP contribution in [0.25, 0.3) is 0 Å². The molecular weight excluding hydrogens is 206 g/mol. The van der Waals surface area contributed by atoms with E-state index in [9.17, 15) is 4.79 Å². The molecule has 4 nitrogen and oxygen atoms in total. The maximum Gasteiger partial charge on any atom is 0.245 e. The molecule has 0 heterocycles. The monoisotopic (exact) mass is 223 g/mol. The lowest BCUT2D eigenvalue weighted by atomic mass is 10.2. The summed E-state index contributed by atoms with van der Waals surface area (Å²) in [5.74, 6) is 0.420. The predicted molar refractivity (Wildman–Crippen MR) is 61.4 cm³/mol. The van der Waals surface area contributed by atoms with Gasteiger partial charge < -0.3 is 15.2 Å². The molecule has 0 saturated heterocycles. The highest BCUT2D eigenvalue weighted by molar-refractivity contribution is 5.76. The van der Waals surface area contributed by atoms with Crippen LogP contribution in [-0.4, -0.2) is 30.8 Å². The van der Waals surface area contributed by atoms with E-state index in [4.69, 9.17) is 9.84 Å². The molecule has 0 saturated carbocycles. The molecule has 88 valence electrons. The van der Waals surface area contributed by atoms with Crippen LogP contribution in [0.2, 0.25) is 0 Å². The fourth-order valence-corrected chi connectivity index (χ4v) is 1.27. The fraction of sp³-hybridized carbons (Fsp3) is 0.417. The number of ether oxygens (including phenoxy) is 1. The van der Waals surface area contributed by atoms with Crippen LogP contribution in [0, 0.1) is 0 Å². The molecule has 0 spiro atoms. The van der Waals surface area contributed by atoms with Gasteiger partial charge in [0.1, 0.15) is 19.0 Å². The van der Waals surface area contributed by atoms with E-state index in [1.165, 1.54) is 5.56 Å². The van der Waals surface area contributed by atoms with Gasteiger partial charge in [0.2, 0.25) is 5.91 Å². The van der Waals surface area contributed by atoms with Gasteiger partial charge in [-0.05, 0) is 24.1 Å². The van der Waals surface area contributed by atoms with Crippen molar-refractivity contribution in [2.75, 3.05) is 19.8 Å².